The second-order valence-electron chi connectivity index (χ2n) is 7.06. The Morgan fingerprint density at radius 1 is 1.11 bits per heavy atom. The maximum Gasteiger partial charge on any atom is 0.338 e. The van der Waals surface area contributed by atoms with Crippen LogP contribution in [0, 0.1) is 0 Å². The third kappa shape index (κ3) is 11.0. The first-order valence-electron chi connectivity index (χ1n) is 10.6. The molecule has 0 bridgehead atoms. The maximum absolute atomic E-state index is 11.4. The van der Waals surface area contributed by atoms with E-state index in [1.807, 2.05) is 6.92 Å². The van der Waals surface area contributed by atoms with Gasteiger partial charge in [0, 0.05) is 6.61 Å². The van der Waals surface area contributed by atoms with Gasteiger partial charge in [-0.15, -0.1) is 0 Å². The van der Waals surface area contributed by atoms with E-state index in [4.69, 9.17) is 14.2 Å². The molecule has 1 atom stereocenters. The molecule has 1 heterocycles. The van der Waals surface area contributed by atoms with E-state index in [-0.39, 0.29) is 5.97 Å². The Labute approximate surface area is 165 Å². The van der Waals surface area contributed by atoms with Crippen LogP contribution in [-0.2, 0) is 9.47 Å². The quantitative estimate of drug-likeness (QED) is 0.341. The molecular formula is C23H38O4. The van der Waals surface area contributed by atoms with Crippen LogP contribution >= 0.6 is 0 Å². The lowest BCUT2D eigenvalue weighted by Crippen LogP contribution is -2.05. The molecule has 0 saturated carbocycles. The number of hydrogen-bond donors (Lipinski definition) is 0. The highest BCUT2D eigenvalue weighted by atomic mass is 16.5. The molecule has 1 aromatic rings. The van der Waals surface area contributed by atoms with E-state index < -0.39 is 0 Å². The van der Waals surface area contributed by atoms with Crippen molar-refractivity contribution in [3.63, 3.8) is 0 Å². The Morgan fingerprint density at radius 2 is 1.89 bits per heavy atom. The predicted octanol–water partition coefficient (Wildman–Crippen LogP) is 6.18. The number of carbonyl (C=O) groups is 1. The summed E-state index contributed by atoms with van der Waals surface area (Å²) in [6, 6.07) is 6.93. The molecule has 154 valence electrons. The summed E-state index contributed by atoms with van der Waals surface area (Å²) < 4.78 is 15.6. The number of hydrogen-bond acceptors (Lipinski definition) is 4. The summed E-state index contributed by atoms with van der Waals surface area (Å²) >= 11 is 0. The van der Waals surface area contributed by atoms with Crippen LogP contribution in [0.1, 0.15) is 88.4 Å². The molecular weight excluding hydrogens is 340 g/mol. The van der Waals surface area contributed by atoms with Crippen LogP contribution < -0.4 is 4.74 Å². The minimum atomic E-state index is -0.300. The van der Waals surface area contributed by atoms with Gasteiger partial charge in [-0.3, -0.25) is 0 Å². The standard InChI is InChI=1S/C12H24O.C11H14O3/c1-2-3-4-5-6-7-9-12-10-8-11-13-12;1-3-7-14-11(12)9-5-4-6-10(8-9)13-2/h12H,2-11H2,1H3;4-6,8H,3,7H2,1-2H3. The fraction of sp³-hybridized carbons (Fsp3) is 0.696. The Balaban J connectivity index is 0.000000271. The molecule has 1 saturated heterocycles. The largest absolute Gasteiger partial charge is 0.497 e. The van der Waals surface area contributed by atoms with Gasteiger partial charge < -0.3 is 14.2 Å². The van der Waals surface area contributed by atoms with Gasteiger partial charge in [0.1, 0.15) is 5.75 Å². The zero-order valence-electron chi connectivity index (χ0n) is 17.5. The smallest absolute Gasteiger partial charge is 0.338 e. The molecule has 0 spiro atoms. The topological polar surface area (TPSA) is 44.8 Å². The van der Waals surface area contributed by atoms with Crippen LogP contribution in [0.3, 0.4) is 0 Å². The fourth-order valence-electron chi connectivity index (χ4n) is 3.05. The molecule has 1 fully saturated rings. The SMILES string of the molecule is CCCCCCCCC1CCCO1.CCCOC(=O)c1cccc(OC)c1. The van der Waals surface area contributed by atoms with Crippen molar-refractivity contribution in [2.45, 2.75) is 84.2 Å². The lowest BCUT2D eigenvalue weighted by atomic mass is 10.1. The number of unbranched alkanes of at least 4 members (excludes halogenated alkanes) is 5. The molecule has 0 aromatic heterocycles. The van der Waals surface area contributed by atoms with Gasteiger partial charge in [-0.1, -0.05) is 58.4 Å². The third-order valence-electron chi connectivity index (χ3n) is 4.65. The molecule has 2 rings (SSSR count). The molecule has 1 aliphatic heterocycles. The van der Waals surface area contributed by atoms with Crippen LogP contribution in [0.4, 0.5) is 0 Å². The summed E-state index contributed by atoms with van der Waals surface area (Å²) in [5, 5.41) is 0. The molecule has 27 heavy (non-hydrogen) atoms. The fourth-order valence-corrected chi connectivity index (χ4v) is 3.05. The monoisotopic (exact) mass is 378 g/mol. The summed E-state index contributed by atoms with van der Waals surface area (Å²) in [7, 11) is 1.57. The minimum Gasteiger partial charge on any atom is -0.497 e. The van der Waals surface area contributed by atoms with E-state index in [1.54, 1.807) is 31.4 Å². The van der Waals surface area contributed by atoms with E-state index in [2.05, 4.69) is 6.92 Å². The van der Waals surface area contributed by atoms with Crippen molar-refractivity contribution in [3.8, 4) is 5.75 Å². The Morgan fingerprint density at radius 3 is 2.56 bits per heavy atom. The second kappa shape index (κ2) is 15.5. The lowest BCUT2D eigenvalue weighted by Gasteiger charge is -2.08. The van der Waals surface area contributed by atoms with Gasteiger partial charge in [0.2, 0.25) is 0 Å². The molecule has 4 nitrogen and oxygen atoms in total. The van der Waals surface area contributed by atoms with Crippen LogP contribution in [-0.4, -0.2) is 32.4 Å². The number of ether oxygens (including phenoxy) is 3. The van der Waals surface area contributed by atoms with E-state index in [1.165, 1.54) is 57.8 Å². The zero-order valence-corrected chi connectivity index (χ0v) is 17.5. The van der Waals surface area contributed by atoms with E-state index in [9.17, 15) is 4.79 Å². The van der Waals surface area contributed by atoms with Crippen molar-refractivity contribution >= 4 is 5.97 Å². The number of benzene rings is 1. The summed E-state index contributed by atoms with van der Waals surface area (Å²) in [6.45, 7) is 5.70. The Hall–Kier alpha value is -1.55. The van der Waals surface area contributed by atoms with Gasteiger partial charge in [0.25, 0.3) is 0 Å². The molecule has 1 aromatic carbocycles. The van der Waals surface area contributed by atoms with Crippen LogP contribution in [0.25, 0.3) is 0 Å². The van der Waals surface area contributed by atoms with Gasteiger partial charge in [-0.2, -0.15) is 0 Å². The number of esters is 1. The Bertz CT molecular complexity index is 495. The molecule has 4 heteroatoms. The van der Waals surface area contributed by atoms with E-state index >= 15 is 0 Å². The van der Waals surface area contributed by atoms with Crippen molar-refractivity contribution in [3.05, 3.63) is 29.8 Å². The highest BCUT2D eigenvalue weighted by Crippen LogP contribution is 2.18. The Kier molecular flexibility index (Phi) is 13.5. The average molecular weight is 379 g/mol. The van der Waals surface area contributed by atoms with Gasteiger partial charge in [0.05, 0.1) is 25.4 Å². The molecule has 0 N–H and O–H groups in total. The van der Waals surface area contributed by atoms with Gasteiger partial charge in [-0.25, -0.2) is 4.79 Å². The highest BCUT2D eigenvalue weighted by molar-refractivity contribution is 5.89. The first kappa shape index (κ1) is 23.5. The molecule has 1 aliphatic rings. The molecule has 0 radical (unpaired) electrons. The van der Waals surface area contributed by atoms with Gasteiger partial charge in [0.15, 0.2) is 0 Å². The summed E-state index contributed by atoms with van der Waals surface area (Å²) in [5.41, 5.74) is 0.526. The summed E-state index contributed by atoms with van der Waals surface area (Å²) in [4.78, 5) is 11.4. The molecule has 0 amide bonds. The zero-order chi connectivity index (χ0) is 19.7. The van der Waals surface area contributed by atoms with Gasteiger partial charge in [-0.05, 0) is 43.9 Å². The van der Waals surface area contributed by atoms with E-state index in [0.29, 0.717) is 24.0 Å². The number of rotatable bonds is 11. The van der Waals surface area contributed by atoms with Crippen molar-refractivity contribution in [1.29, 1.82) is 0 Å². The number of carbonyl (C=O) groups excluding carboxylic acids is 1. The maximum atomic E-state index is 11.4. The first-order chi connectivity index (χ1) is 13.2. The van der Waals surface area contributed by atoms with Crippen molar-refractivity contribution in [2.24, 2.45) is 0 Å². The average Bonchev–Trinajstić information content (AvgIpc) is 3.23. The third-order valence-corrected chi connectivity index (χ3v) is 4.65. The van der Waals surface area contributed by atoms with Crippen molar-refractivity contribution in [2.75, 3.05) is 20.3 Å². The van der Waals surface area contributed by atoms with Crippen LogP contribution in [0.2, 0.25) is 0 Å². The summed E-state index contributed by atoms with van der Waals surface area (Å²) in [6.07, 6.45) is 13.8. The number of methoxy groups -OCH3 is 1. The normalized spacial score (nSPS) is 15.7. The molecule has 1 unspecified atom stereocenters. The highest BCUT2D eigenvalue weighted by Gasteiger charge is 2.14. The van der Waals surface area contributed by atoms with E-state index in [0.717, 1.165) is 13.0 Å². The van der Waals surface area contributed by atoms with Crippen molar-refractivity contribution < 1.29 is 19.0 Å². The molecule has 0 aliphatic carbocycles. The van der Waals surface area contributed by atoms with Crippen LogP contribution in [0.15, 0.2) is 24.3 Å². The first-order valence-corrected chi connectivity index (χ1v) is 10.6. The predicted molar refractivity (Wildman–Crippen MR) is 111 cm³/mol. The van der Waals surface area contributed by atoms with Crippen molar-refractivity contribution in [1.82, 2.24) is 0 Å². The lowest BCUT2D eigenvalue weighted by molar-refractivity contribution is 0.0504. The van der Waals surface area contributed by atoms with Gasteiger partial charge >= 0.3 is 5.97 Å². The van der Waals surface area contributed by atoms with Crippen LogP contribution in [0.5, 0.6) is 5.75 Å². The minimum absolute atomic E-state index is 0.300. The second-order valence-corrected chi connectivity index (χ2v) is 7.06. The summed E-state index contributed by atoms with van der Waals surface area (Å²) in [5.74, 6) is 0.363.